The normalized spacial score (nSPS) is 18.3. The topological polar surface area (TPSA) is 89.9 Å². The second kappa shape index (κ2) is 12.0. The molecular formula is C31H31N5O3S2. The van der Waals surface area contributed by atoms with Gasteiger partial charge in [-0.05, 0) is 61.2 Å². The number of likely N-dealkylation sites (tertiary alicyclic amines) is 1. The summed E-state index contributed by atoms with van der Waals surface area (Å²) in [6.07, 6.45) is 3.60. The maximum absolute atomic E-state index is 13.7. The summed E-state index contributed by atoms with van der Waals surface area (Å²) in [6.45, 7) is 5.32. The van der Waals surface area contributed by atoms with E-state index in [-0.39, 0.29) is 23.7 Å². The molecule has 4 heterocycles. The highest BCUT2D eigenvalue weighted by molar-refractivity contribution is 7.99. The summed E-state index contributed by atoms with van der Waals surface area (Å²) in [5.74, 6) is -0.926. The van der Waals surface area contributed by atoms with Crippen LogP contribution in [0.1, 0.15) is 46.1 Å². The van der Waals surface area contributed by atoms with E-state index in [1.54, 1.807) is 18.3 Å². The molecule has 2 aliphatic rings. The number of carboxylic acids is 1. The highest BCUT2D eigenvalue weighted by atomic mass is 32.2. The van der Waals surface area contributed by atoms with E-state index >= 15 is 0 Å². The van der Waals surface area contributed by atoms with Crippen LogP contribution in [0.2, 0.25) is 0 Å². The number of carbonyl (C=O) groups excluding carboxylic acids is 1. The third-order valence-electron chi connectivity index (χ3n) is 7.82. The van der Waals surface area contributed by atoms with Crippen molar-refractivity contribution in [3.8, 4) is 0 Å². The molecule has 2 amide bonds. The summed E-state index contributed by atoms with van der Waals surface area (Å²) in [6, 6.07) is 21.6. The first-order valence-electron chi connectivity index (χ1n) is 13.7. The van der Waals surface area contributed by atoms with Crippen molar-refractivity contribution in [1.82, 2.24) is 19.8 Å². The molecule has 0 aliphatic carbocycles. The molecule has 0 saturated carbocycles. The first-order valence-corrected chi connectivity index (χ1v) is 15.4. The number of hydrogen-bond donors (Lipinski definition) is 1. The predicted molar refractivity (Wildman–Crippen MR) is 161 cm³/mol. The molecule has 1 N–H and O–H groups in total. The Balaban J connectivity index is 1.09. The summed E-state index contributed by atoms with van der Waals surface area (Å²) >= 11 is 3.03. The zero-order chi connectivity index (χ0) is 28.3. The number of benzene rings is 2. The predicted octanol–water partition coefficient (Wildman–Crippen LogP) is 6.34. The number of carboxylic acid groups (broad SMARTS) is 1. The molecule has 1 atom stereocenters. The van der Waals surface area contributed by atoms with E-state index in [1.165, 1.54) is 34.2 Å². The Hall–Kier alpha value is -3.73. The number of rotatable bonds is 8. The van der Waals surface area contributed by atoms with Gasteiger partial charge in [0, 0.05) is 47.8 Å². The van der Waals surface area contributed by atoms with Gasteiger partial charge in [0.25, 0.3) is 0 Å². The first-order chi connectivity index (χ1) is 20.0. The van der Waals surface area contributed by atoms with Crippen molar-refractivity contribution in [3.05, 3.63) is 101 Å². The number of amides is 2. The number of nitrogens with zero attached hydrogens (tertiary/aromatic N) is 5. The Morgan fingerprint density at radius 3 is 2.46 bits per heavy atom. The summed E-state index contributed by atoms with van der Waals surface area (Å²) in [7, 11) is 0. The van der Waals surface area contributed by atoms with Crippen LogP contribution in [0.4, 0.5) is 9.93 Å². The lowest BCUT2D eigenvalue weighted by Gasteiger charge is -2.39. The Morgan fingerprint density at radius 2 is 1.80 bits per heavy atom. The van der Waals surface area contributed by atoms with Gasteiger partial charge in [0.1, 0.15) is 5.03 Å². The summed E-state index contributed by atoms with van der Waals surface area (Å²) in [4.78, 5) is 41.4. The molecule has 4 aromatic rings. The highest BCUT2D eigenvalue weighted by Crippen LogP contribution is 2.37. The largest absolute Gasteiger partial charge is 0.478 e. The fraction of sp³-hybridized carbons (Fsp3) is 0.290. The lowest BCUT2D eigenvalue weighted by molar-refractivity contribution is 0.0696. The first kappa shape index (κ1) is 27.4. The van der Waals surface area contributed by atoms with Crippen LogP contribution in [0.3, 0.4) is 0 Å². The number of carbonyl (C=O) groups is 2. The maximum Gasteiger partial charge on any atom is 0.335 e. The van der Waals surface area contributed by atoms with Gasteiger partial charge in [-0.2, -0.15) is 0 Å². The van der Waals surface area contributed by atoms with E-state index in [0.29, 0.717) is 6.54 Å². The molecule has 0 bridgehead atoms. The van der Waals surface area contributed by atoms with Crippen molar-refractivity contribution < 1.29 is 14.7 Å². The lowest BCUT2D eigenvalue weighted by Crippen LogP contribution is -2.47. The Bertz CT molecular complexity index is 1510. The van der Waals surface area contributed by atoms with Crippen LogP contribution in [-0.4, -0.2) is 62.6 Å². The van der Waals surface area contributed by atoms with Crippen LogP contribution in [-0.2, 0) is 6.54 Å². The molecule has 41 heavy (non-hydrogen) atoms. The van der Waals surface area contributed by atoms with Crippen LogP contribution in [0, 0.1) is 6.92 Å². The van der Waals surface area contributed by atoms with Crippen LogP contribution in [0.15, 0.2) is 88.2 Å². The standard InChI is InChI=1S/C31H31N5O3S2/c1-21-24(9-12-28(33-21)41-26-10-7-23(8-11-26)29(37)38)19-34-16-13-25(14-17-34)36-27(22-5-3-2-4-6-22)20-35(31(36)39)30-32-15-18-40-30/h2-12,15,18,25,27H,13-14,16-17,19-20H2,1H3,(H,37,38). The van der Waals surface area contributed by atoms with E-state index in [4.69, 9.17) is 10.1 Å². The van der Waals surface area contributed by atoms with Crippen LogP contribution >= 0.6 is 23.1 Å². The highest BCUT2D eigenvalue weighted by Gasteiger charge is 2.44. The second-order valence-corrected chi connectivity index (χ2v) is 12.3. The Kier molecular flexibility index (Phi) is 8.04. The second-order valence-electron chi connectivity index (χ2n) is 10.4. The van der Waals surface area contributed by atoms with Crippen molar-refractivity contribution in [1.29, 1.82) is 0 Å². The molecule has 6 rings (SSSR count). The van der Waals surface area contributed by atoms with Gasteiger partial charge in [-0.1, -0.05) is 48.2 Å². The van der Waals surface area contributed by atoms with Gasteiger partial charge < -0.3 is 10.0 Å². The molecule has 2 saturated heterocycles. The average Bonchev–Trinajstić information content (AvgIpc) is 3.64. The number of pyridine rings is 1. The monoisotopic (exact) mass is 585 g/mol. The van der Waals surface area contributed by atoms with Crippen LogP contribution < -0.4 is 4.90 Å². The van der Waals surface area contributed by atoms with Crippen molar-refractivity contribution in [2.24, 2.45) is 0 Å². The molecule has 1 unspecified atom stereocenters. The average molecular weight is 586 g/mol. The smallest absolute Gasteiger partial charge is 0.335 e. The minimum absolute atomic E-state index is 0.0148. The number of aromatic nitrogens is 2. The van der Waals surface area contributed by atoms with E-state index in [1.807, 2.05) is 53.6 Å². The van der Waals surface area contributed by atoms with E-state index in [9.17, 15) is 9.59 Å². The molecule has 210 valence electrons. The zero-order valence-corrected chi connectivity index (χ0v) is 24.4. The summed E-state index contributed by atoms with van der Waals surface area (Å²) in [5, 5.41) is 12.7. The van der Waals surface area contributed by atoms with Crippen LogP contribution in [0.25, 0.3) is 0 Å². The molecule has 2 fully saturated rings. The number of hydrogen-bond acceptors (Lipinski definition) is 7. The molecular weight excluding hydrogens is 555 g/mol. The fourth-order valence-electron chi connectivity index (χ4n) is 5.65. The summed E-state index contributed by atoms with van der Waals surface area (Å²) in [5.41, 5.74) is 3.64. The lowest BCUT2D eigenvalue weighted by atomic mass is 9.98. The van der Waals surface area contributed by atoms with Gasteiger partial charge in [0.2, 0.25) is 0 Å². The summed E-state index contributed by atoms with van der Waals surface area (Å²) < 4.78 is 0. The quantitative estimate of drug-likeness (QED) is 0.258. The number of anilines is 1. The maximum atomic E-state index is 13.7. The third kappa shape index (κ3) is 6.00. The third-order valence-corrected chi connectivity index (χ3v) is 9.55. The minimum atomic E-state index is -0.926. The molecule has 2 aromatic carbocycles. The molecule has 0 radical (unpaired) electrons. The molecule has 0 spiro atoms. The SMILES string of the molecule is Cc1nc(Sc2ccc(C(=O)O)cc2)ccc1CN1CCC(N2C(=O)N(c3nccs3)CC2c2ccccc2)CC1. The zero-order valence-electron chi connectivity index (χ0n) is 22.7. The number of aryl methyl sites for hydroxylation is 1. The van der Waals surface area contributed by atoms with E-state index in [0.717, 1.165) is 53.2 Å². The molecule has 10 heteroatoms. The van der Waals surface area contributed by atoms with Gasteiger partial charge >= 0.3 is 12.0 Å². The van der Waals surface area contributed by atoms with Crippen molar-refractivity contribution in [3.63, 3.8) is 0 Å². The molecule has 2 aromatic heterocycles. The molecule has 2 aliphatic heterocycles. The number of piperidine rings is 1. The van der Waals surface area contributed by atoms with Gasteiger partial charge in [-0.15, -0.1) is 11.3 Å². The van der Waals surface area contributed by atoms with Gasteiger partial charge in [0.05, 0.1) is 18.2 Å². The minimum Gasteiger partial charge on any atom is -0.478 e. The van der Waals surface area contributed by atoms with Crippen molar-refractivity contribution in [2.75, 3.05) is 24.5 Å². The number of thiazole rings is 1. The Labute approximate surface area is 247 Å². The van der Waals surface area contributed by atoms with Crippen molar-refractivity contribution in [2.45, 2.75) is 48.3 Å². The van der Waals surface area contributed by atoms with E-state index < -0.39 is 5.97 Å². The van der Waals surface area contributed by atoms with Gasteiger partial charge in [0.15, 0.2) is 5.13 Å². The number of urea groups is 1. The number of aromatic carboxylic acids is 1. The molecule has 8 nitrogen and oxygen atoms in total. The van der Waals surface area contributed by atoms with Gasteiger partial charge in [-0.25, -0.2) is 19.6 Å². The van der Waals surface area contributed by atoms with E-state index in [2.05, 4.69) is 33.0 Å². The van der Waals surface area contributed by atoms with Crippen molar-refractivity contribution >= 4 is 40.2 Å². The van der Waals surface area contributed by atoms with Gasteiger partial charge in [-0.3, -0.25) is 9.80 Å². The Morgan fingerprint density at radius 1 is 1.05 bits per heavy atom. The van der Waals surface area contributed by atoms with Crippen LogP contribution in [0.5, 0.6) is 0 Å². The fourth-order valence-corrected chi connectivity index (χ4v) is 7.12.